The van der Waals surface area contributed by atoms with Crippen LogP contribution in [-0.2, 0) is 0 Å². The van der Waals surface area contributed by atoms with E-state index in [1.807, 2.05) is 6.92 Å². The van der Waals surface area contributed by atoms with Crippen molar-refractivity contribution in [2.75, 3.05) is 11.9 Å². The van der Waals surface area contributed by atoms with E-state index in [1.165, 1.54) is 12.8 Å². The van der Waals surface area contributed by atoms with Crippen molar-refractivity contribution in [1.82, 2.24) is 0 Å². The molecule has 0 amide bonds. The van der Waals surface area contributed by atoms with E-state index >= 15 is 0 Å². The van der Waals surface area contributed by atoms with Gasteiger partial charge in [0.05, 0.1) is 11.5 Å². The Bertz CT molecular complexity index is 458. The number of hydrogen-bond donors (Lipinski definition) is 1. The average molecular weight is 264 g/mol. The van der Waals surface area contributed by atoms with Crippen molar-refractivity contribution >= 4 is 11.4 Å². The van der Waals surface area contributed by atoms with E-state index in [9.17, 15) is 10.1 Å². The fourth-order valence-electron chi connectivity index (χ4n) is 2.11. The highest BCUT2D eigenvalue weighted by Gasteiger charge is 2.30. The fraction of sp³-hybridized carbons (Fsp3) is 0.571. The van der Waals surface area contributed by atoms with Crippen molar-refractivity contribution in [3.63, 3.8) is 0 Å². The molecule has 1 aromatic carbocycles. The summed E-state index contributed by atoms with van der Waals surface area (Å²) in [6, 6.07) is 5.46. The van der Waals surface area contributed by atoms with E-state index in [0.717, 1.165) is 6.42 Å². The summed E-state index contributed by atoms with van der Waals surface area (Å²) in [6.45, 7) is 4.53. The highest BCUT2D eigenvalue weighted by molar-refractivity contribution is 5.68. The van der Waals surface area contributed by atoms with Crippen LogP contribution >= 0.6 is 0 Å². The van der Waals surface area contributed by atoms with Gasteiger partial charge in [0.15, 0.2) is 5.75 Å². The second-order valence-electron chi connectivity index (χ2n) is 5.03. The number of nitrogens with one attached hydrogen (secondary N) is 1. The number of nitrogens with zero attached hydrogens (tertiary/aromatic N) is 1. The predicted molar refractivity (Wildman–Crippen MR) is 74.7 cm³/mol. The molecule has 19 heavy (non-hydrogen) atoms. The standard InChI is InChI=1S/C14H20N2O3/c1-3-9-19-13-6-4-5-12(14(13)16(17)18)15-10(2)11-7-8-11/h4-6,10-11,15H,3,7-9H2,1-2H3. The van der Waals surface area contributed by atoms with Gasteiger partial charge < -0.3 is 10.1 Å². The molecule has 104 valence electrons. The second-order valence-corrected chi connectivity index (χ2v) is 5.03. The number of nitro benzene ring substituents is 1. The Hall–Kier alpha value is -1.78. The molecule has 0 aromatic heterocycles. The summed E-state index contributed by atoms with van der Waals surface area (Å²) in [4.78, 5) is 10.9. The number of ether oxygens (including phenoxy) is 1. The highest BCUT2D eigenvalue weighted by atomic mass is 16.6. The molecule has 5 nitrogen and oxygen atoms in total. The molecule has 0 aliphatic heterocycles. The van der Waals surface area contributed by atoms with Gasteiger partial charge in [-0.15, -0.1) is 0 Å². The lowest BCUT2D eigenvalue weighted by atomic mass is 10.2. The number of para-hydroxylation sites is 1. The fourth-order valence-corrected chi connectivity index (χ4v) is 2.11. The molecular formula is C14H20N2O3. The summed E-state index contributed by atoms with van der Waals surface area (Å²) in [7, 11) is 0. The lowest BCUT2D eigenvalue weighted by Crippen LogP contribution is -2.18. The Morgan fingerprint density at radius 3 is 2.84 bits per heavy atom. The van der Waals surface area contributed by atoms with Crippen molar-refractivity contribution < 1.29 is 9.66 Å². The summed E-state index contributed by atoms with van der Waals surface area (Å²) >= 11 is 0. The molecule has 1 N–H and O–H groups in total. The maximum Gasteiger partial charge on any atom is 0.333 e. The molecule has 2 rings (SSSR count). The molecule has 1 fully saturated rings. The van der Waals surface area contributed by atoms with Crippen molar-refractivity contribution in [3.8, 4) is 5.75 Å². The Morgan fingerprint density at radius 2 is 2.26 bits per heavy atom. The third kappa shape index (κ3) is 3.36. The molecule has 1 atom stereocenters. The van der Waals surface area contributed by atoms with Crippen molar-refractivity contribution in [3.05, 3.63) is 28.3 Å². The van der Waals surface area contributed by atoms with Crippen LogP contribution in [0.2, 0.25) is 0 Å². The molecule has 1 unspecified atom stereocenters. The van der Waals surface area contributed by atoms with E-state index in [0.29, 0.717) is 24.0 Å². The van der Waals surface area contributed by atoms with Gasteiger partial charge in [0, 0.05) is 6.04 Å². The van der Waals surface area contributed by atoms with E-state index < -0.39 is 0 Å². The molecule has 1 aliphatic carbocycles. The molecule has 0 spiro atoms. The number of anilines is 1. The predicted octanol–water partition coefficient (Wildman–Crippen LogP) is 3.59. The first-order valence-corrected chi connectivity index (χ1v) is 6.80. The van der Waals surface area contributed by atoms with Crippen molar-refractivity contribution in [2.45, 2.75) is 39.2 Å². The quantitative estimate of drug-likeness (QED) is 0.603. The Labute approximate surface area is 113 Å². The van der Waals surface area contributed by atoms with Crippen molar-refractivity contribution in [2.24, 2.45) is 5.92 Å². The van der Waals surface area contributed by atoms with Crippen LogP contribution in [-0.4, -0.2) is 17.6 Å². The second kappa shape index (κ2) is 5.91. The minimum absolute atomic E-state index is 0.0449. The van der Waals surface area contributed by atoms with E-state index in [-0.39, 0.29) is 16.7 Å². The average Bonchev–Trinajstić information content (AvgIpc) is 3.20. The molecular weight excluding hydrogens is 244 g/mol. The van der Waals surface area contributed by atoms with E-state index in [2.05, 4.69) is 12.2 Å². The molecule has 1 aromatic rings. The number of nitro groups is 1. The van der Waals surface area contributed by atoms with E-state index in [1.54, 1.807) is 18.2 Å². The monoisotopic (exact) mass is 264 g/mol. The molecule has 1 aliphatic rings. The van der Waals surface area contributed by atoms with Gasteiger partial charge in [-0.3, -0.25) is 10.1 Å². The third-order valence-electron chi connectivity index (χ3n) is 3.36. The summed E-state index contributed by atoms with van der Waals surface area (Å²) < 4.78 is 5.46. The Kier molecular flexibility index (Phi) is 4.24. The highest BCUT2D eigenvalue weighted by Crippen LogP contribution is 2.38. The molecule has 0 bridgehead atoms. The number of hydrogen-bond acceptors (Lipinski definition) is 4. The topological polar surface area (TPSA) is 64.4 Å². The zero-order valence-electron chi connectivity index (χ0n) is 11.4. The van der Waals surface area contributed by atoms with Crippen molar-refractivity contribution in [1.29, 1.82) is 0 Å². The van der Waals surface area contributed by atoms with Crippen LogP contribution in [0.3, 0.4) is 0 Å². The summed E-state index contributed by atoms with van der Waals surface area (Å²) in [5.41, 5.74) is 0.599. The molecule has 1 saturated carbocycles. The maximum atomic E-state index is 11.3. The summed E-state index contributed by atoms with van der Waals surface area (Å²) in [6.07, 6.45) is 3.23. The first-order chi connectivity index (χ1) is 9.13. The minimum Gasteiger partial charge on any atom is -0.487 e. The van der Waals surface area contributed by atoms with Crippen LogP contribution in [0.5, 0.6) is 5.75 Å². The van der Waals surface area contributed by atoms with Gasteiger partial charge in [0.1, 0.15) is 5.69 Å². The maximum absolute atomic E-state index is 11.3. The zero-order chi connectivity index (χ0) is 13.8. The van der Waals surface area contributed by atoms with Gasteiger partial charge in [-0.05, 0) is 44.2 Å². The van der Waals surface area contributed by atoms with Crippen LogP contribution in [0.15, 0.2) is 18.2 Å². The normalized spacial score (nSPS) is 15.9. The van der Waals surface area contributed by atoms with Gasteiger partial charge >= 0.3 is 5.69 Å². The Morgan fingerprint density at radius 1 is 1.53 bits per heavy atom. The first kappa shape index (κ1) is 13.6. The van der Waals surface area contributed by atoms with Crippen LogP contribution in [0.1, 0.15) is 33.1 Å². The van der Waals surface area contributed by atoms with E-state index in [4.69, 9.17) is 4.74 Å². The lowest BCUT2D eigenvalue weighted by Gasteiger charge is -2.15. The van der Waals surface area contributed by atoms with Gasteiger partial charge in [0.25, 0.3) is 0 Å². The first-order valence-electron chi connectivity index (χ1n) is 6.80. The largest absolute Gasteiger partial charge is 0.487 e. The smallest absolute Gasteiger partial charge is 0.333 e. The van der Waals surface area contributed by atoms with Crippen LogP contribution < -0.4 is 10.1 Å². The van der Waals surface area contributed by atoms with Gasteiger partial charge in [0.2, 0.25) is 0 Å². The molecule has 0 saturated heterocycles. The number of rotatable bonds is 7. The zero-order valence-corrected chi connectivity index (χ0v) is 11.4. The summed E-state index contributed by atoms with van der Waals surface area (Å²) in [5, 5.41) is 14.5. The molecule has 5 heteroatoms. The van der Waals surface area contributed by atoms with Crippen LogP contribution in [0, 0.1) is 16.0 Å². The summed E-state index contributed by atoms with van der Waals surface area (Å²) in [5.74, 6) is 0.986. The van der Waals surface area contributed by atoms with Crippen LogP contribution in [0.4, 0.5) is 11.4 Å². The SMILES string of the molecule is CCCOc1cccc(NC(C)C2CC2)c1[N+](=O)[O-]. The van der Waals surface area contributed by atoms with Gasteiger partial charge in [-0.2, -0.15) is 0 Å². The Balaban J connectivity index is 2.22. The molecule has 0 heterocycles. The minimum atomic E-state index is -0.368. The third-order valence-corrected chi connectivity index (χ3v) is 3.36. The van der Waals surface area contributed by atoms with Crippen LogP contribution in [0.25, 0.3) is 0 Å². The van der Waals surface area contributed by atoms with Gasteiger partial charge in [-0.1, -0.05) is 13.0 Å². The molecule has 0 radical (unpaired) electrons. The van der Waals surface area contributed by atoms with Gasteiger partial charge in [-0.25, -0.2) is 0 Å². The lowest BCUT2D eigenvalue weighted by molar-refractivity contribution is -0.385. The number of benzene rings is 1.